The summed E-state index contributed by atoms with van der Waals surface area (Å²) in [4.78, 5) is 12.5. The number of aliphatic hydroxyl groups excluding tert-OH is 1. The van der Waals surface area contributed by atoms with Gasteiger partial charge in [0.05, 0.1) is 22.2 Å². The van der Waals surface area contributed by atoms with Crippen molar-refractivity contribution in [3.63, 3.8) is 0 Å². The Kier molecular flexibility index (Phi) is 7.93. The molecule has 1 aliphatic rings. The molecular formula is C17H27Cl2NO5. The maximum absolute atomic E-state index is 12.5. The third-order valence-corrected chi connectivity index (χ3v) is 5.61. The lowest BCUT2D eigenvalue weighted by atomic mass is 9.81. The average molecular weight is 396 g/mol. The molecule has 1 fully saturated rings. The molecule has 1 saturated heterocycles. The van der Waals surface area contributed by atoms with E-state index >= 15 is 0 Å². The first kappa shape index (κ1) is 22.4. The molecule has 0 saturated carbocycles. The Labute approximate surface area is 158 Å². The second-order valence-electron chi connectivity index (χ2n) is 6.59. The van der Waals surface area contributed by atoms with Crippen molar-refractivity contribution in [2.24, 2.45) is 0 Å². The predicted molar refractivity (Wildman–Crippen MR) is 97.3 cm³/mol. The standard InChI is InChI=1S/C17H27Cl2NO5/c1-8(2)13(18)14(19)9(3)16(22)20-11(5)17(23)7-12(24-6)25-10(4)15(17)21/h10-12,15,21,23H,7H2,1-6H3,(H,20,22)/b14-9-/t10-,11+,12+,15-,17-/m1/s1. The van der Waals surface area contributed by atoms with E-state index in [1.807, 2.05) is 0 Å². The van der Waals surface area contributed by atoms with Gasteiger partial charge in [-0.1, -0.05) is 28.8 Å². The van der Waals surface area contributed by atoms with Gasteiger partial charge in [0, 0.05) is 19.1 Å². The molecule has 0 aromatic rings. The van der Waals surface area contributed by atoms with Gasteiger partial charge >= 0.3 is 0 Å². The van der Waals surface area contributed by atoms with Gasteiger partial charge in [-0.3, -0.25) is 4.79 Å². The lowest BCUT2D eigenvalue weighted by molar-refractivity contribution is -0.275. The summed E-state index contributed by atoms with van der Waals surface area (Å²) in [5.74, 6) is -0.481. The van der Waals surface area contributed by atoms with Crippen molar-refractivity contribution in [2.75, 3.05) is 7.11 Å². The van der Waals surface area contributed by atoms with Crippen molar-refractivity contribution in [3.8, 4) is 0 Å². The highest BCUT2D eigenvalue weighted by Crippen LogP contribution is 2.33. The SMILES string of the molecule is CO[C@@H]1C[C@@](O)([C@H](C)NC(=O)/C(C)=C(\Cl)C(Cl)=C(C)C)[C@H](O)[C@@H](C)O1. The van der Waals surface area contributed by atoms with Gasteiger partial charge in [-0.05, 0) is 34.6 Å². The zero-order valence-electron chi connectivity index (χ0n) is 15.4. The number of amides is 1. The molecule has 0 unspecified atom stereocenters. The van der Waals surface area contributed by atoms with E-state index < -0.39 is 36.0 Å². The highest BCUT2D eigenvalue weighted by atomic mass is 35.5. The molecule has 0 aliphatic carbocycles. The van der Waals surface area contributed by atoms with Crippen LogP contribution in [0, 0.1) is 0 Å². The fourth-order valence-electron chi connectivity index (χ4n) is 2.64. The molecule has 25 heavy (non-hydrogen) atoms. The van der Waals surface area contributed by atoms with Crippen molar-refractivity contribution in [2.45, 2.75) is 71.2 Å². The molecule has 0 aromatic heterocycles. The monoisotopic (exact) mass is 395 g/mol. The fourth-order valence-corrected chi connectivity index (χ4v) is 3.06. The molecular weight excluding hydrogens is 369 g/mol. The molecule has 1 amide bonds. The van der Waals surface area contributed by atoms with Crippen LogP contribution in [0.3, 0.4) is 0 Å². The summed E-state index contributed by atoms with van der Waals surface area (Å²) in [5.41, 5.74) is -0.607. The number of nitrogens with one attached hydrogen (secondary N) is 1. The summed E-state index contributed by atoms with van der Waals surface area (Å²) in [5, 5.41) is 24.4. The second-order valence-corrected chi connectivity index (χ2v) is 7.35. The number of hydrogen-bond acceptors (Lipinski definition) is 5. The minimum absolute atomic E-state index is 0.0156. The Morgan fingerprint density at radius 3 is 2.36 bits per heavy atom. The van der Waals surface area contributed by atoms with Crippen LogP contribution >= 0.6 is 23.2 Å². The second kappa shape index (κ2) is 8.84. The van der Waals surface area contributed by atoms with Crippen LogP contribution in [-0.2, 0) is 14.3 Å². The smallest absolute Gasteiger partial charge is 0.248 e. The Morgan fingerprint density at radius 2 is 1.88 bits per heavy atom. The molecule has 1 aliphatic heterocycles. The normalized spacial score (nSPS) is 31.8. The van der Waals surface area contributed by atoms with Gasteiger partial charge in [0.15, 0.2) is 6.29 Å². The van der Waals surface area contributed by atoms with E-state index in [-0.39, 0.29) is 17.0 Å². The number of methoxy groups -OCH3 is 1. The first-order valence-electron chi connectivity index (χ1n) is 8.05. The fraction of sp³-hybridized carbons (Fsp3) is 0.706. The quantitative estimate of drug-likeness (QED) is 0.491. The van der Waals surface area contributed by atoms with Crippen LogP contribution in [0.25, 0.3) is 0 Å². The molecule has 0 spiro atoms. The van der Waals surface area contributed by atoms with E-state index in [4.69, 9.17) is 32.7 Å². The summed E-state index contributed by atoms with van der Waals surface area (Å²) < 4.78 is 10.6. The van der Waals surface area contributed by atoms with Crippen LogP contribution in [0.15, 0.2) is 21.2 Å². The molecule has 144 valence electrons. The van der Waals surface area contributed by atoms with Crippen LogP contribution in [0.2, 0.25) is 0 Å². The zero-order valence-corrected chi connectivity index (χ0v) is 16.9. The molecule has 1 rings (SSSR count). The van der Waals surface area contributed by atoms with E-state index in [2.05, 4.69) is 5.32 Å². The topological polar surface area (TPSA) is 88.0 Å². The number of allylic oxidation sites excluding steroid dienone is 3. The lowest BCUT2D eigenvalue weighted by Gasteiger charge is -2.46. The van der Waals surface area contributed by atoms with Gasteiger partial charge in [0.25, 0.3) is 0 Å². The number of halogens is 2. The summed E-state index contributed by atoms with van der Waals surface area (Å²) in [6.45, 7) is 8.35. The molecule has 6 nitrogen and oxygen atoms in total. The van der Waals surface area contributed by atoms with Gasteiger partial charge in [-0.15, -0.1) is 0 Å². The third-order valence-electron chi connectivity index (χ3n) is 4.48. The van der Waals surface area contributed by atoms with Crippen LogP contribution < -0.4 is 5.32 Å². The lowest BCUT2D eigenvalue weighted by Crippen LogP contribution is -2.65. The zero-order chi connectivity index (χ0) is 19.5. The van der Waals surface area contributed by atoms with Crippen molar-refractivity contribution in [1.82, 2.24) is 5.32 Å². The van der Waals surface area contributed by atoms with E-state index in [0.29, 0.717) is 5.03 Å². The Hall–Kier alpha value is -0.630. The van der Waals surface area contributed by atoms with Crippen molar-refractivity contribution < 1.29 is 24.5 Å². The van der Waals surface area contributed by atoms with Crippen molar-refractivity contribution in [3.05, 3.63) is 21.2 Å². The predicted octanol–water partition coefficient (Wildman–Crippen LogP) is 2.41. The van der Waals surface area contributed by atoms with Crippen LogP contribution in [0.4, 0.5) is 0 Å². The number of carbonyl (C=O) groups excluding carboxylic acids is 1. The minimum Gasteiger partial charge on any atom is -0.387 e. The molecule has 0 aromatic carbocycles. The van der Waals surface area contributed by atoms with E-state index in [1.165, 1.54) is 7.11 Å². The molecule has 5 atom stereocenters. The number of aliphatic hydroxyl groups is 2. The Balaban J connectivity index is 3.00. The highest BCUT2D eigenvalue weighted by Gasteiger charge is 2.50. The van der Waals surface area contributed by atoms with Gasteiger partial charge < -0.3 is 25.0 Å². The Morgan fingerprint density at radius 1 is 1.32 bits per heavy atom. The molecule has 3 N–H and O–H groups in total. The van der Waals surface area contributed by atoms with Crippen molar-refractivity contribution in [1.29, 1.82) is 0 Å². The summed E-state index contributed by atoms with van der Waals surface area (Å²) in [6.07, 6.45) is -2.50. The first-order valence-corrected chi connectivity index (χ1v) is 8.80. The number of carbonyl (C=O) groups is 1. The van der Waals surface area contributed by atoms with Gasteiger partial charge in [0.1, 0.15) is 11.7 Å². The van der Waals surface area contributed by atoms with Gasteiger partial charge in [-0.2, -0.15) is 0 Å². The molecule has 0 bridgehead atoms. The molecule has 8 heteroatoms. The van der Waals surface area contributed by atoms with E-state index in [0.717, 1.165) is 5.57 Å². The van der Waals surface area contributed by atoms with Gasteiger partial charge in [-0.25, -0.2) is 0 Å². The number of hydrogen-bond donors (Lipinski definition) is 3. The van der Waals surface area contributed by atoms with Crippen molar-refractivity contribution >= 4 is 29.1 Å². The Bertz CT molecular complexity index is 573. The van der Waals surface area contributed by atoms with Crippen LogP contribution in [-0.4, -0.2) is 53.4 Å². The summed E-state index contributed by atoms with van der Waals surface area (Å²) in [6, 6.07) is -0.774. The van der Waals surface area contributed by atoms with Crippen LogP contribution in [0.5, 0.6) is 0 Å². The minimum atomic E-state index is -1.61. The third kappa shape index (κ3) is 4.96. The highest BCUT2D eigenvalue weighted by molar-refractivity contribution is 6.45. The molecule has 0 radical (unpaired) electrons. The molecule has 1 heterocycles. The van der Waals surface area contributed by atoms with E-state index in [1.54, 1.807) is 34.6 Å². The maximum Gasteiger partial charge on any atom is 0.248 e. The summed E-state index contributed by atoms with van der Waals surface area (Å²) in [7, 11) is 1.45. The summed E-state index contributed by atoms with van der Waals surface area (Å²) >= 11 is 12.2. The number of ether oxygens (including phenoxy) is 2. The average Bonchev–Trinajstić information content (AvgIpc) is 2.56. The largest absolute Gasteiger partial charge is 0.387 e. The van der Waals surface area contributed by atoms with E-state index in [9.17, 15) is 15.0 Å². The first-order chi connectivity index (χ1) is 11.5. The van der Waals surface area contributed by atoms with Gasteiger partial charge in [0.2, 0.25) is 5.91 Å². The number of rotatable bonds is 5. The van der Waals surface area contributed by atoms with Crippen LogP contribution in [0.1, 0.15) is 41.0 Å². The maximum atomic E-state index is 12.5.